The zero-order valence-electron chi connectivity index (χ0n) is 17.6. The Hall–Kier alpha value is -4.41. The minimum absolute atomic E-state index is 0.117. The van der Waals surface area contributed by atoms with Gasteiger partial charge in [-0.05, 0) is 42.5 Å². The molecule has 0 radical (unpaired) electrons. The van der Waals surface area contributed by atoms with Crippen LogP contribution in [0.15, 0.2) is 70.1 Å². The van der Waals surface area contributed by atoms with Gasteiger partial charge in [0.1, 0.15) is 10.8 Å². The molecular formula is C23H14Cl2N6O4. The second-order valence-corrected chi connectivity index (χ2v) is 8.19. The monoisotopic (exact) mass is 508 g/mol. The maximum atomic E-state index is 13.0. The van der Waals surface area contributed by atoms with E-state index in [1.165, 1.54) is 18.3 Å². The maximum Gasteiger partial charge on any atom is 0.439 e. The molecule has 3 aromatic heterocycles. The van der Waals surface area contributed by atoms with Gasteiger partial charge in [-0.25, -0.2) is 9.78 Å². The number of anilines is 2. The minimum Gasteiger partial charge on any atom is -0.349 e. The average molecular weight is 509 g/mol. The van der Waals surface area contributed by atoms with Crippen LogP contribution < -0.4 is 16.4 Å². The largest absolute Gasteiger partial charge is 0.439 e. The number of benzene rings is 2. The first-order valence-electron chi connectivity index (χ1n) is 10.1. The summed E-state index contributed by atoms with van der Waals surface area (Å²) in [6.07, 6.45) is 1.37. The molecule has 2 aromatic carbocycles. The highest BCUT2D eigenvalue weighted by molar-refractivity contribution is 6.31. The van der Waals surface area contributed by atoms with E-state index in [1.54, 1.807) is 42.5 Å². The Morgan fingerprint density at radius 3 is 2.49 bits per heavy atom. The third kappa shape index (κ3) is 4.65. The summed E-state index contributed by atoms with van der Waals surface area (Å²) in [5.74, 6) is -1.47. The molecule has 0 bridgehead atoms. The van der Waals surface area contributed by atoms with Crippen molar-refractivity contribution in [2.45, 2.75) is 0 Å². The summed E-state index contributed by atoms with van der Waals surface area (Å²) in [6, 6.07) is 14.7. The van der Waals surface area contributed by atoms with E-state index in [-0.39, 0.29) is 22.6 Å². The van der Waals surface area contributed by atoms with Crippen molar-refractivity contribution >= 4 is 57.3 Å². The molecule has 3 heterocycles. The van der Waals surface area contributed by atoms with E-state index in [0.29, 0.717) is 38.4 Å². The Labute approximate surface area is 206 Å². The van der Waals surface area contributed by atoms with Gasteiger partial charge in [-0.2, -0.15) is 0 Å². The fourth-order valence-corrected chi connectivity index (χ4v) is 3.73. The fraction of sp³-hybridized carbons (Fsp3) is 0. The first kappa shape index (κ1) is 22.4. The van der Waals surface area contributed by atoms with Crippen molar-refractivity contribution in [3.63, 3.8) is 0 Å². The molecule has 0 saturated heterocycles. The van der Waals surface area contributed by atoms with Crippen molar-refractivity contribution in [1.82, 2.24) is 20.1 Å². The first-order chi connectivity index (χ1) is 16.9. The maximum absolute atomic E-state index is 13.0. The van der Waals surface area contributed by atoms with Crippen LogP contribution >= 0.6 is 23.2 Å². The molecule has 174 valence electrons. The van der Waals surface area contributed by atoms with Gasteiger partial charge in [0.2, 0.25) is 0 Å². The predicted molar refractivity (Wildman–Crippen MR) is 131 cm³/mol. The standard InChI is InChI=1S/C23H14Cl2N6O4/c24-13-5-6-15(14(9-13)20-30-23(34)35-31-20)28-22(33)17-8-11-2-1-3-16(19(11)27-17)29-21(32)12-4-7-18(25)26-10-12/h1-10,27H,(H,28,33)(H,29,32)(H,30,31,34). The number of rotatable bonds is 5. The van der Waals surface area contributed by atoms with E-state index in [4.69, 9.17) is 23.2 Å². The van der Waals surface area contributed by atoms with Crippen LogP contribution in [-0.4, -0.2) is 31.9 Å². The van der Waals surface area contributed by atoms with Crippen molar-refractivity contribution in [3.8, 4) is 11.4 Å². The Morgan fingerprint density at radius 2 is 1.74 bits per heavy atom. The molecule has 0 atom stereocenters. The van der Waals surface area contributed by atoms with E-state index in [1.807, 2.05) is 0 Å². The van der Waals surface area contributed by atoms with Crippen LogP contribution in [0.25, 0.3) is 22.3 Å². The molecule has 0 aliphatic carbocycles. The van der Waals surface area contributed by atoms with E-state index < -0.39 is 11.7 Å². The number of aromatic nitrogens is 4. The van der Waals surface area contributed by atoms with Crippen LogP contribution in [0.1, 0.15) is 20.8 Å². The number of hydrogen-bond donors (Lipinski definition) is 4. The van der Waals surface area contributed by atoms with Gasteiger partial charge >= 0.3 is 5.76 Å². The molecule has 2 amide bonds. The highest BCUT2D eigenvalue weighted by atomic mass is 35.5. The molecule has 0 saturated carbocycles. The zero-order chi connectivity index (χ0) is 24.5. The van der Waals surface area contributed by atoms with Crippen LogP contribution in [0.4, 0.5) is 11.4 Å². The van der Waals surface area contributed by atoms with Gasteiger partial charge in [0, 0.05) is 22.2 Å². The Bertz CT molecular complexity index is 1640. The highest BCUT2D eigenvalue weighted by Crippen LogP contribution is 2.29. The first-order valence-corrected chi connectivity index (χ1v) is 10.8. The fourth-order valence-electron chi connectivity index (χ4n) is 3.44. The minimum atomic E-state index is -0.739. The molecule has 4 N–H and O–H groups in total. The number of aromatic amines is 2. The molecule has 0 fully saturated rings. The van der Waals surface area contributed by atoms with E-state index >= 15 is 0 Å². The molecule has 0 aliphatic heterocycles. The third-order valence-corrected chi connectivity index (χ3v) is 5.52. The van der Waals surface area contributed by atoms with E-state index in [2.05, 4.69) is 35.3 Å². The Kier molecular flexibility index (Phi) is 5.81. The number of fused-ring (bicyclic) bond motifs is 1. The lowest BCUT2D eigenvalue weighted by molar-refractivity contribution is 0.101. The zero-order valence-corrected chi connectivity index (χ0v) is 19.1. The molecular weight excluding hydrogens is 495 g/mol. The summed E-state index contributed by atoms with van der Waals surface area (Å²) in [5.41, 5.74) is 2.34. The van der Waals surface area contributed by atoms with Crippen molar-refractivity contribution in [2.75, 3.05) is 10.6 Å². The number of amides is 2. The number of carbonyl (C=O) groups is 2. The van der Waals surface area contributed by atoms with Crippen LogP contribution in [0.3, 0.4) is 0 Å². The summed E-state index contributed by atoms with van der Waals surface area (Å²) < 4.78 is 4.56. The van der Waals surface area contributed by atoms with Gasteiger partial charge in [0.05, 0.1) is 22.5 Å². The molecule has 35 heavy (non-hydrogen) atoms. The van der Waals surface area contributed by atoms with Gasteiger partial charge in [0.25, 0.3) is 11.8 Å². The molecule has 10 nitrogen and oxygen atoms in total. The van der Waals surface area contributed by atoms with Gasteiger partial charge in [-0.1, -0.05) is 40.5 Å². The number of H-pyrrole nitrogens is 2. The number of para-hydroxylation sites is 1. The molecule has 5 aromatic rings. The summed E-state index contributed by atoms with van der Waals surface area (Å²) in [4.78, 5) is 46.4. The predicted octanol–water partition coefficient (Wildman–Crippen LogP) is 4.72. The molecule has 5 rings (SSSR count). The highest BCUT2D eigenvalue weighted by Gasteiger charge is 2.17. The smallest absolute Gasteiger partial charge is 0.349 e. The summed E-state index contributed by atoms with van der Waals surface area (Å²) >= 11 is 11.9. The van der Waals surface area contributed by atoms with Crippen LogP contribution in [0, 0.1) is 0 Å². The number of carbonyl (C=O) groups excluding carboxylic acids is 2. The molecule has 12 heteroatoms. The number of pyridine rings is 1. The lowest BCUT2D eigenvalue weighted by Gasteiger charge is -2.09. The number of nitrogens with zero attached hydrogens (tertiary/aromatic N) is 2. The topological polar surface area (TPSA) is 146 Å². The molecule has 0 unspecified atom stereocenters. The average Bonchev–Trinajstić information content (AvgIpc) is 3.47. The number of halogens is 2. The lowest BCUT2D eigenvalue weighted by Crippen LogP contribution is -2.14. The normalized spacial score (nSPS) is 10.9. The number of nitrogens with one attached hydrogen (secondary N) is 4. The van der Waals surface area contributed by atoms with Crippen molar-refractivity contribution in [2.24, 2.45) is 0 Å². The quantitative estimate of drug-likeness (QED) is 0.252. The lowest BCUT2D eigenvalue weighted by atomic mass is 10.1. The van der Waals surface area contributed by atoms with Gasteiger partial charge in [-0.3, -0.25) is 19.1 Å². The number of hydrogen-bond acceptors (Lipinski definition) is 6. The van der Waals surface area contributed by atoms with Gasteiger partial charge in [-0.15, -0.1) is 0 Å². The van der Waals surface area contributed by atoms with Crippen molar-refractivity contribution < 1.29 is 14.1 Å². The van der Waals surface area contributed by atoms with Crippen LogP contribution in [0.2, 0.25) is 10.2 Å². The SMILES string of the molecule is O=C(Nc1cccc2cc(C(=O)Nc3ccc(Cl)cc3-c3noc(=O)[nH]3)[nH]c12)c1ccc(Cl)nc1. The van der Waals surface area contributed by atoms with Gasteiger partial charge < -0.3 is 15.6 Å². The second-order valence-electron chi connectivity index (χ2n) is 7.36. The van der Waals surface area contributed by atoms with E-state index in [9.17, 15) is 14.4 Å². The molecule has 0 spiro atoms. The summed E-state index contributed by atoms with van der Waals surface area (Å²) in [5, 5.41) is 10.6. The Balaban J connectivity index is 1.42. The van der Waals surface area contributed by atoms with Crippen molar-refractivity contribution in [1.29, 1.82) is 0 Å². The van der Waals surface area contributed by atoms with E-state index in [0.717, 1.165) is 0 Å². The summed E-state index contributed by atoms with van der Waals surface area (Å²) in [6.45, 7) is 0. The van der Waals surface area contributed by atoms with Crippen LogP contribution in [0.5, 0.6) is 0 Å². The van der Waals surface area contributed by atoms with Crippen molar-refractivity contribution in [3.05, 3.63) is 92.8 Å². The van der Waals surface area contributed by atoms with Crippen LogP contribution in [-0.2, 0) is 0 Å². The summed E-state index contributed by atoms with van der Waals surface area (Å²) in [7, 11) is 0. The second kappa shape index (κ2) is 9.09. The third-order valence-electron chi connectivity index (χ3n) is 5.06. The van der Waals surface area contributed by atoms with Gasteiger partial charge in [0.15, 0.2) is 5.82 Å². The molecule has 0 aliphatic rings. The Morgan fingerprint density at radius 1 is 0.914 bits per heavy atom.